The van der Waals surface area contributed by atoms with E-state index in [0.29, 0.717) is 0 Å². The number of pyridine rings is 1. The molecule has 0 aromatic carbocycles. The Labute approximate surface area is 85.0 Å². The van der Waals surface area contributed by atoms with Crippen molar-refractivity contribution in [3.8, 4) is 0 Å². The van der Waals surface area contributed by atoms with Crippen molar-refractivity contribution in [3.63, 3.8) is 0 Å². The van der Waals surface area contributed by atoms with Crippen molar-refractivity contribution in [2.45, 2.75) is 38.8 Å². The van der Waals surface area contributed by atoms with Crippen LogP contribution in [0.1, 0.15) is 37.9 Å². The summed E-state index contributed by atoms with van der Waals surface area (Å²) < 4.78 is 0. The molecular weight excluding hydrogens is 176 g/mol. The van der Waals surface area contributed by atoms with E-state index in [-0.39, 0.29) is 12.1 Å². The Morgan fingerprint density at radius 1 is 1.50 bits per heavy atom. The zero-order chi connectivity index (χ0) is 10.6. The number of nitrogens with two attached hydrogens (primary N) is 1. The molecule has 1 aromatic rings. The first-order chi connectivity index (χ1) is 6.74. The maximum absolute atomic E-state index is 8.88. The minimum atomic E-state index is -0.189. The van der Waals surface area contributed by atoms with E-state index in [1.165, 1.54) is 0 Å². The third-order valence-corrected chi connectivity index (χ3v) is 2.31. The zero-order valence-electron chi connectivity index (χ0n) is 8.83. The smallest absolute Gasteiger partial charge is 0.0683 e. The summed E-state index contributed by atoms with van der Waals surface area (Å²) in [5, 5.41) is 8.88. The van der Waals surface area contributed by atoms with E-state index >= 15 is 0 Å². The Bertz CT molecular complexity index is 295. The van der Waals surface area contributed by atoms with E-state index in [4.69, 9.17) is 10.8 Å². The number of aliphatic hydroxyl groups excluding tert-OH is 1. The van der Waals surface area contributed by atoms with Crippen molar-refractivity contribution in [2.75, 3.05) is 0 Å². The summed E-state index contributed by atoms with van der Waals surface area (Å²) in [5.41, 5.74) is 7.56. The van der Waals surface area contributed by atoms with E-state index in [0.717, 1.165) is 24.1 Å². The van der Waals surface area contributed by atoms with Gasteiger partial charge in [0.2, 0.25) is 0 Å². The van der Waals surface area contributed by atoms with Crippen molar-refractivity contribution < 1.29 is 5.11 Å². The molecule has 3 heteroatoms. The van der Waals surface area contributed by atoms with Crippen LogP contribution in [0.15, 0.2) is 18.3 Å². The van der Waals surface area contributed by atoms with Crippen LogP contribution in [-0.2, 0) is 12.1 Å². The van der Waals surface area contributed by atoms with E-state index < -0.39 is 0 Å². The Balaban J connectivity index is 0.000000461. The molecule has 0 atom stereocenters. The lowest BCUT2D eigenvalue weighted by atomic mass is 10.1. The van der Waals surface area contributed by atoms with Gasteiger partial charge in [-0.05, 0) is 30.5 Å². The maximum atomic E-state index is 8.88. The van der Waals surface area contributed by atoms with Gasteiger partial charge in [-0.2, -0.15) is 0 Å². The molecule has 3 nitrogen and oxygen atoms in total. The average molecular weight is 194 g/mol. The molecule has 0 amide bonds. The van der Waals surface area contributed by atoms with Crippen LogP contribution in [0.5, 0.6) is 0 Å². The van der Waals surface area contributed by atoms with Crippen LogP contribution in [0, 0.1) is 0 Å². The fourth-order valence-corrected chi connectivity index (χ4v) is 1.24. The van der Waals surface area contributed by atoms with Gasteiger partial charge in [0.05, 0.1) is 17.8 Å². The average Bonchev–Trinajstić information content (AvgIpc) is 3.01. The summed E-state index contributed by atoms with van der Waals surface area (Å²) in [6.45, 7) is 4.06. The lowest BCUT2D eigenvalue weighted by molar-refractivity contribution is 0.281. The second-order valence-corrected chi connectivity index (χ2v) is 3.36. The molecule has 0 unspecified atom stereocenters. The lowest BCUT2D eigenvalue weighted by Crippen LogP contribution is -2.20. The van der Waals surface area contributed by atoms with E-state index in [2.05, 4.69) is 4.98 Å². The molecule has 2 rings (SSSR count). The molecule has 1 aliphatic carbocycles. The fraction of sp³-hybridized carbons (Fsp3) is 0.545. The van der Waals surface area contributed by atoms with Gasteiger partial charge in [0.25, 0.3) is 0 Å². The first-order valence-electron chi connectivity index (χ1n) is 5.10. The van der Waals surface area contributed by atoms with Crippen LogP contribution >= 0.6 is 0 Å². The molecule has 0 spiro atoms. The quantitative estimate of drug-likeness (QED) is 0.751. The Morgan fingerprint density at radius 2 is 2.14 bits per heavy atom. The highest BCUT2D eigenvalue weighted by Crippen LogP contribution is 2.41. The van der Waals surface area contributed by atoms with Crippen LogP contribution in [0.4, 0.5) is 0 Å². The molecule has 1 fully saturated rings. The highest BCUT2D eigenvalue weighted by Gasteiger charge is 2.41. The molecular formula is C11H18N2O. The number of hydrogen-bond acceptors (Lipinski definition) is 3. The predicted octanol–water partition coefficient (Wildman–Crippen LogP) is 1.55. The third-order valence-electron chi connectivity index (χ3n) is 2.31. The summed E-state index contributed by atoms with van der Waals surface area (Å²) in [7, 11) is 0. The lowest BCUT2D eigenvalue weighted by Gasteiger charge is -2.07. The molecule has 1 aliphatic rings. The van der Waals surface area contributed by atoms with E-state index in [9.17, 15) is 0 Å². The monoisotopic (exact) mass is 194 g/mol. The zero-order valence-corrected chi connectivity index (χ0v) is 8.83. The van der Waals surface area contributed by atoms with Gasteiger partial charge in [0.15, 0.2) is 0 Å². The summed E-state index contributed by atoms with van der Waals surface area (Å²) in [6, 6.07) is 3.68. The molecule has 1 aromatic heterocycles. The van der Waals surface area contributed by atoms with Crippen molar-refractivity contribution in [1.82, 2.24) is 4.98 Å². The minimum absolute atomic E-state index is 0.0611. The molecule has 1 heterocycles. The van der Waals surface area contributed by atoms with Crippen LogP contribution < -0.4 is 5.73 Å². The van der Waals surface area contributed by atoms with E-state index in [1.807, 2.05) is 19.9 Å². The van der Waals surface area contributed by atoms with Crippen LogP contribution in [-0.4, -0.2) is 10.1 Å². The first-order valence-corrected chi connectivity index (χ1v) is 5.10. The second-order valence-electron chi connectivity index (χ2n) is 3.36. The minimum Gasteiger partial charge on any atom is -0.392 e. The highest BCUT2D eigenvalue weighted by atomic mass is 16.3. The Kier molecular flexibility index (Phi) is 3.61. The maximum Gasteiger partial charge on any atom is 0.0683 e. The van der Waals surface area contributed by atoms with Gasteiger partial charge in [-0.15, -0.1) is 0 Å². The van der Waals surface area contributed by atoms with Crippen LogP contribution in [0.25, 0.3) is 0 Å². The third kappa shape index (κ3) is 2.30. The molecule has 1 saturated carbocycles. The normalized spacial score (nSPS) is 16.9. The Hall–Kier alpha value is -0.930. The summed E-state index contributed by atoms with van der Waals surface area (Å²) in [5.74, 6) is 0. The van der Waals surface area contributed by atoms with Gasteiger partial charge in [-0.3, -0.25) is 4.98 Å². The van der Waals surface area contributed by atoms with E-state index in [1.54, 1.807) is 12.3 Å². The van der Waals surface area contributed by atoms with Crippen molar-refractivity contribution in [2.24, 2.45) is 5.73 Å². The number of rotatable bonds is 2. The summed E-state index contributed by atoms with van der Waals surface area (Å²) in [6.07, 6.45) is 3.72. The van der Waals surface area contributed by atoms with Gasteiger partial charge in [0.1, 0.15) is 0 Å². The first kappa shape index (κ1) is 11.1. The largest absolute Gasteiger partial charge is 0.392 e. The van der Waals surface area contributed by atoms with Crippen LogP contribution in [0.2, 0.25) is 0 Å². The van der Waals surface area contributed by atoms with Crippen molar-refractivity contribution in [3.05, 3.63) is 29.6 Å². The second kappa shape index (κ2) is 4.53. The molecule has 14 heavy (non-hydrogen) atoms. The molecule has 0 saturated heterocycles. The van der Waals surface area contributed by atoms with Crippen molar-refractivity contribution in [1.29, 1.82) is 0 Å². The number of aromatic nitrogens is 1. The van der Waals surface area contributed by atoms with Gasteiger partial charge >= 0.3 is 0 Å². The SMILES string of the molecule is CC.NC1(c2cc(CO)ccn2)CC1. The predicted molar refractivity (Wildman–Crippen MR) is 56.6 cm³/mol. The van der Waals surface area contributed by atoms with Crippen molar-refractivity contribution >= 4 is 0 Å². The molecule has 3 N–H and O–H groups in total. The molecule has 0 bridgehead atoms. The topological polar surface area (TPSA) is 59.1 Å². The number of nitrogens with zero attached hydrogens (tertiary/aromatic N) is 1. The van der Waals surface area contributed by atoms with Gasteiger partial charge in [-0.25, -0.2) is 0 Å². The van der Waals surface area contributed by atoms with Gasteiger partial charge < -0.3 is 10.8 Å². The highest BCUT2D eigenvalue weighted by molar-refractivity contribution is 5.26. The molecule has 0 aliphatic heterocycles. The van der Waals surface area contributed by atoms with Crippen LogP contribution in [0.3, 0.4) is 0 Å². The van der Waals surface area contributed by atoms with Gasteiger partial charge in [0, 0.05) is 6.20 Å². The Morgan fingerprint density at radius 3 is 2.64 bits per heavy atom. The summed E-state index contributed by atoms with van der Waals surface area (Å²) >= 11 is 0. The summed E-state index contributed by atoms with van der Waals surface area (Å²) in [4.78, 5) is 4.18. The molecule has 0 radical (unpaired) electrons. The van der Waals surface area contributed by atoms with Gasteiger partial charge in [-0.1, -0.05) is 13.8 Å². The fourth-order valence-electron chi connectivity index (χ4n) is 1.24. The number of aliphatic hydroxyl groups is 1. The molecule has 78 valence electrons. The standard InChI is InChI=1S/C9H12N2O.C2H6/c10-9(2-3-9)8-5-7(6-12)1-4-11-8;1-2/h1,4-5,12H,2-3,6,10H2;1-2H3. The number of hydrogen-bond donors (Lipinski definition) is 2.